The molecule has 184 valence electrons. The molecule has 0 spiro atoms. The Morgan fingerprint density at radius 2 is 1.94 bits per heavy atom. The van der Waals surface area contributed by atoms with Crippen LogP contribution in [-0.4, -0.2) is 54.4 Å². The van der Waals surface area contributed by atoms with E-state index in [2.05, 4.69) is 28.6 Å². The topological polar surface area (TPSA) is 75.1 Å². The first-order valence-electron chi connectivity index (χ1n) is 12.1. The van der Waals surface area contributed by atoms with E-state index in [1.807, 2.05) is 37.3 Å². The van der Waals surface area contributed by atoms with E-state index in [0.29, 0.717) is 29.3 Å². The summed E-state index contributed by atoms with van der Waals surface area (Å²) in [5.74, 6) is 1.37. The summed E-state index contributed by atoms with van der Waals surface area (Å²) in [6.07, 6.45) is 3.83. The molecule has 1 N–H and O–H groups in total. The molecular weight excluding hydrogens is 454 g/mol. The summed E-state index contributed by atoms with van der Waals surface area (Å²) in [6, 6.07) is 10.1. The summed E-state index contributed by atoms with van der Waals surface area (Å²) in [5.41, 5.74) is 2.01. The number of carboxylic acids is 1. The number of piperidine rings is 1. The van der Waals surface area contributed by atoms with Crippen LogP contribution in [0.1, 0.15) is 40.0 Å². The molecule has 0 aliphatic carbocycles. The van der Waals surface area contributed by atoms with Gasteiger partial charge in [0.25, 0.3) is 0 Å². The number of halogens is 1. The predicted octanol–water partition coefficient (Wildman–Crippen LogP) is 5.12. The molecule has 2 aliphatic heterocycles. The Morgan fingerprint density at radius 1 is 1.18 bits per heavy atom. The van der Waals surface area contributed by atoms with Crippen molar-refractivity contribution < 1.29 is 19.4 Å². The van der Waals surface area contributed by atoms with Crippen molar-refractivity contribution in [2.45, 2.75) is 52.2 Å². The zero-order chi connectivity index (χ0) is 24.2. The Bertz CT molecular complexity index is 987. The van der Waals surface area contributed by atoms with Crippen LogP contribution >= 0.6 is 11.6 Å². The van der Waals surface area contributed by atoms with E-state index in [-0.39, 0.29) is 18.6 Å². The number of nitrogens with zero attached hydrogens (tertiary/aromatic N) is 3. The zero-order valence-corrected chi connectivity index (χ0v) is 20.9. The van der Waals surface area contributed by atoms with Gasteiger partial charge in [0.05, 0.1) is 29.9 Å². The highest BCUT2D eigenvalue weighted by Gasteiger charge is 2.33. The Balaban J connectivity index is 1.37. The minimum absolute atomic E-state index is 0.0388. The van der Waals surface area contributed by atoms with Crippen molar-refractivity contribution in [3.63, 3.8) is 0 Å². The van der Waals surface area contributed by atoms with Crippen LogP contribution in [0.4, 0.5) is 11.4 Å². The van der Waals surface area contributed by atoms with E-state index < -0.39 is 5.97 Å². The van der Waals surface area contributed by atoms with Gasteiger partial charge in [-0.15, -0.1) is 0 Å². The van der Waals surface area contributed by atoms with Crippen molar-refractivity contribution in [3.8, 4) is 11.6 Å². The van der Waals surface area contributed by atoms with Gasteiger partial charge in [0, 0.05) is 49.8 Å². The number of aliphatic carboxylic acids is 1. The van der Waals surface area contributed by atoms with Crippen LogP contribution in [0.3, 0.4) is 0 Å². The van der Waals surface area contributed by atoms with E-state index in [4.69, 9.17) is 21.1 Å². The number of carboxylic acid groups (broad SMARTS) is 1. The van der Waals surface area contributed by atoms with Crippen LogP contribution in [-0.2, 0) is 4.79 Å². The summed E-state index contributed by atoms with van der Waals surface area (Å²) >= 11 is 6.43. The minimum atomic E-state index is -0.744. The lowest BCUT2D eigenvalue weighted by atomic mass is 9.96. The van der Waals surface area contributed by atoms with Crippen LogP contribution < -0.4 is 19.3 Å². The molecule has 2 aromatic rings. The van der Waals surface area contributed by atoms with E-state index in [9.17, 15) is 9.90 Å². The monoisotopic (exact) mass is 487 g/mol. The first-order chi connectivity index (χ1) is 16.4. The number of hydrogen-bond acceptors (Lipinski definition) is 6. The Kier molecular flexibility index (Phi) is 7.71. The average Bonchev–Trinajstić information content (AvgIpc) is 3.16. The van der Waals surface area contributed by atoms with Crippen molar-refractivity contribution in [1.82, 2.24) is 4.98 Å². The van der Waals surface area contributed by atoms with Crippen LogP contribution in [0.25, 0.3) is 0 Å². The van der Waals surface area contributed by atoms with Crippen molar-refractivity contribution in [2.75, 3.05) is 36.0 Å². The van der Waals surface area contributed by atoms with E-state index in [0.717, 1.165) is 49.6 Å². The molecule has 2 unspecified atom stereocenters. The summed E-state index contributed by atoms with van der Waals surface area (Å²) < 4.78 is 11.9. The quantitative estimate of drug-likeness (QED) is 0.554. The second-order valence-electron chi connectivity index (χ2n) is 9.39. The maximum atomic E-state index is 11.3. The number of hydrogen-bond donors (Lipinski definition) is 1. The van der Waals surface area contributed by atoms with Crippen molar-refractivity contribution in [3.05, 3.63) is 41.6 Å². The average molecular weight is 488 g/mol. The van der Waals surface area contributed by atoms with Gasteiger partial charge in [-0.25, -0.2) is 4.98 Å². The molecule has 8 heteroatoms. The van der Waals surface area contributed by atoms with Gasteiger partial charge >= 0.3 is 5.97 Å². The number of ether oxygens (including phenoxy) is 2. The van der Waals surface area contributed by atoms with Gasteiger partial charge in [-0.05, 0) is 43.5 Å². The summed E-state index contributed by atoms with van der Waals surface area (Å²) in [6.45, 7) is 9.40. The molecule has 1 aromatic heterocycles. The number of aromatic nitrogens is 1. The van der Waals surface area contributed by atoms with Gasteiger partial charge in [0.1, 0.15) is 11.9 Å². The largest absolute Gasteiger partial charge is 0.490 e. The fourth-order valence-corrected chi connectivity index (χ4v) is 5.33. The molecule has 4 rings (SSSR count). The van der Waals surface area contributed by atoms with Crippen molar-refractivity contribution in [2.24, 2.45) is 11.8 Å². The van der Waals surface area contributed by atoms with Gasteiger partial charge in [0.15, 0.2) is 0 Å². The van der Waals surface area contributed by atoms with E-state index in [1.165, 1.54) is 0 Å². The van der Waals surface area contributed by atoms with Crippen LogP contribution in [0.15, 0.2) is 36.5 Å². The standard InChI is InChI=1S/C26H34ClN3O4/c1-4-33-25-13-23(21(27)15-28-25)29-11-10-24(18(3)16-29)34-20-7-5-19(6-8-20)30-12-9-17(2)22(30)14-26(31)32/h5-8,13,15,17-18,22,24H,4,9-12,14,16H2,1-3H3,(H,31,32)/t17-,18?,22+,24?/m1/s1. The molecule has 2 aliphatic rings. The number of benzene rings is 1. The first kappa shape index (κ1) is 24.5. The Morgan fingerprint density at radius 3 is 2.62 bits per heavy atom. The molecule has 34 heavy (non-hydrogen) atoms. The van der Waals surface area contributed by atoms with Gasteiger partial charge < -0.3 is 24.4 Å². The lowest BCUT2D eigenvalue weighted by molar-refractivity contribution is -0.137. The maximum Gasteiger partial charge on any atom is 0.305 e. The smallest absolute Gasteiger partial charge is 0.305 e. The molecule has 0 bridgehead atoms. The normalized spacial score (nSPS) is 24.8. The van der Waals surface area contributed by atoms with E-state index in [1.54, 1.807) is 6.20 Å². The predicted molar refractivity (Wildman–Crippen MR) is 134 cm³/mol. The van der Waals surface area contributed by atoms with Crippen molar-refractivity contribution >= 4 is 28.9 Å². The minimum Gasteiger partial charge on any atom is -0.490 e. The maximum absolute atomic E-state index is 11.3. The van der Waals surface area contributed by atoms with E-state index >= 15 is 0 Å². The second-order valence-corrected chi connectivity index (χ2v) is 9.80. The molecule has 4 atom stereocenters. The van der Waals surface area contributed by atoms with Gasteiger partial charge in [-0.3, -0.25) is 4.79 Å². The van der Waals surface area contributed by atoms with Crippen LogP contribution in [0, 0.1) is 11.8 Å². The second kappa shape index (κ2) is 10.7. The fourth-order valence-electron chi connectivity index (χ4n) is 5.11. The summed E-state index contributed by atoms with van der Waals surface area (Å²) in [5, 5.41) is 9.91. The van der Waals surface area contributed by atoms with Gasteiger partial charge in [0.2, 0.25) is 5.88 Å². The lowest BCUT2D eigenvalue weighted by Gasteiger charge is -2.38. The summed E-state index contributed by atoms with van der Waals surface area (Å²) in [7, 11) is 0. The Labute approximate surface area is 206 Å². The third-order valence-corrected chi connectivity index (χ3v) is 7.28. The molecule has 1 aromatic carbocycles. The SMILES string of the molecule is CCOc1cc(N2CCC(Oc3ccc(N4CC[C@@H](C)[C@@H]4CC(=O)O)cc3)C(C)C2)c(Cl)cn1. The molecule has 0 amide bonds. The first-order valence-corrected chi connectivity index (χ1v) is 12.5. The number of pyridine rings is 1. The summed E-state index contributed by atoms with van der Waals surface area (Å²) in [4.78, 5) is 20.0. The highest BCUT2D eigenvalue weighted by molar-refractivity contribution is 6.33. The third-order valence-electron chi connectivity index (χ3n) is 6.99. The van der Waals surface area contributed by atoms with Crippen molar-refractivity contribution in [1.29, 1.82) is 0 Å². The number of anilines is 2. The molecule has 0 radical (unpaired) electrons. The van der Waals surface area contributed by atoms with Crippen LogP contribution in [0.5, 0.6) is 11.6 Å². The highest BCUT2D eigenvalue weighted by atomic mass is 35.5. The number of carbonyl (C=O) groups is 1. The zero-order valence-electron chi connectivity index (χ0n) is 20.1. The fraction of sp³-hybridized carbons (Fsp3) is 0.538. The Hall–Kier alpha value is -2.67. The number of rotatable bonds is 8. The molecule has 0 saturated carbocycles. The molecule has 7 nitrogen and oxygen atoms in total. The molecule has 3 heterocycles. The third kappa shape index (κ3) is 5.52. The molecule has 2 saturated heterocycles. The van der Waals surface area contributed by atoms with Gasteiger partial charge in [-0.2, -0.15) is 0 Å². The molecule has 2 fully saturated rings. The van der Waals surface area contributed by atoms with Gasteiger partial charge in [-0.1, -0.05) is 25.4 Å². The lowest BCUT2D eigenvalue weighted by Crippen LogP contribution is -2.44. The van der Waals surface area contributed by atoms with Crippen LogP contribution in [0.2, 0.25) is 5.02 Å². The molecular formula is C26H34ClN3O4. The highest BCUT2D eigenvalue weighted by Crippen LogP contribution is 2.35.